The van der Waals surface area contributed by atoms with Gasteiger partial charge in [-0.2, -0.15) is 0 Å². The summed E-state index contributed by atoms with van der Waals surface area (Å²) in [6.07, 6.45) is 7.20. The molecule has 1 aliphatic carbocycles. The summed E-state index contributed by atoms with van der Waals surface area (Å²) in [5.41, 5.74) is 5.64. The van der Waals surface area contributed by atoms with E-state index in [0.29, 0.717) is 19.1 Å². The minimum atomic E-state index is -0.764. The molecular weight excluding hydrogens is 228 g/mol. The third kappa shape index (κ3) is 3.23. The van der Waals surface area contributed by atoms with Gasteiger partial charge in [0, 0.05) is 6.54 Å². The molecule has 0 aromatic heterocycles. The van der Waals surface area contributed by atoms with Gasteiger partial charge in [-0.15, -0.1) is 0 Å². The first-order valence-corrected chi connectivity index (χ1v) is 7.35. The SMILES string of the molecule is CCOC(=O)C(N)(CN1CCCCCC1)C1CC1. The molecule has 0 aromatic rings. The zero-order valence-corrected chi connectivity index (χ0v) is 11.5. The number of hydrogen-bond donors (Lipinski definition) is 1. The summed E-state index contributed by atoms with van der Waals surface area (Å²) >= 11 is 0. The van der Waals surface area contributed by atoms with Crippen LogP contribution in [-0.4, -0.2) is 42.6 Å². The highest BCUT2D eigenvalue weighted by molar-refractivity contribution is 5.82. The van der Waals surface area contributed by atoms with E-state index in [9.17, 15) is 4.79 Å². The van der Waals surface area contributed by atoms with Crippen molar-refractivity contribution in [3.8, 4) is 0 Å². The van der Waals surface area contributed by atoms with Crippen LogP contribution in [0.15, 0.2) is 0 Å². The maximum Gasteiger partial charge on any atom is 0.327 e. The van der Waals surface area contributed by atoms with Gasteiger partial charge in [0.25, 0.3) is 0 Å². The average molecular weight is 254 g/mol. The molecule has 2 rings (SSSR count). The van der Waals surface area contributed by atoms with Crippen molar-refractivity contribution in [3.63, 3.8) is 0 Å². The van der Waals surface area contributed by atoms with Gasteiger partial charge in [0.05, 0.1) is 6.61 Å². The fourth-order valence-corrected chi connectivity index (χ4v) is 2.89. The fourth-order valence-electron chi connectivity index (χ4n) is 2.89. The summed E-state index contributed by atoms with van der Waals surface area (Å²) < 4.78 is 5.19. The van der Waals surface area contributed by atoms with E-state index in [4.69, 9.17) is 10.5 Å². The highest BCUT2D eigenvalue weighted by atomic mass is 16.5. The van der Waals surface area contributed by atoms with Crippen molar-refractivity contribution >= 4 is 5.97 Å². The van der Waals surface area contributed by atoms with Crippen molar-refractivity contribution in [1.82, 2.24) is 4.90 Å². The average Bonchev–Trinajstić information content (AvgIpc) is 3.17. The number of hydrogen-bond acceptors (Lipinski definition) is 4. The highest BCUT2D eigenvalue weighted by Crippen LogP contribution is 2.39. The maximum absolute atomic E-state index is 12.1. The topological polar surface area (TPSA) is 55.6 Å². The van der Waals surface area contributed by atoms with E-state index in [1.807, 2.05) is 6.92 Å². The monoisotopic (exact) mass is 254 g/mol. The van der Waals surface area contributed by atoms with Crippen LogP contribution in [0.5, 0.6) is 0 Å². The molecular formula is C14H26N2O2. The molecule has 2 aliphatic rings. The van der Waals surface area contributed by atoms with Crippen LogP contribution in [0.25, 0.3) is 0 Å². The zero-order chi connectivity index (χ0) is 13.0. The quantitative estimate of drug-likeness (QED) is 0.756. The second-order valence-electron chi connectivity index (χ2n) is 5.73. The Morgan fingerprint density at radius 3 is 2.39 bits per heavy atom. The largest absolute Gasteiger partial charge is 0.465 e. The van der Waals surface area contributed by atoms with E-state index in [2.05, 4.69) is 4.90 Å². The van der Waals surface area contributed by atoms with Gasteiger partial charge in [-0.3, -0.25) is 0 Å². The molecule has 18 heavy (non-hydrogen) atoms. The van der Waals surface area contributed by atoms with Crippen molar-refractivity contribution in [3.05, 3.63) is 0 Å². The van der Waals surface area contributed by atoms with Crippen LogP contribution in [-0.2, 0) is 9.53 Å². The Morgan fingerprint density at radius 2 is 1.89 bits per heavy atom. The Morgan fingerprint density at radius 1 is 1.28 bits per heavy atom. The molecule has 1 heterocycles. The second kappa shape index (κ2) is 6.02. The Balaban J connectivity index is 1.98. The molecule has 0 aromatic carbocycles. The summed E-state index contributed by atoms with van der Waals surface area (Å²) in [5.74, 6) is 0.136. The van der Waals surface area contributed by atoms with Crippen molar-refractivity contribution in [1.29, 1.82) is 0 Å². The molecule has 1 unspecified atom stereocenters. The van der Waals surface area contributed by atoms with Crippen molar-refractivity contribution < 1.29 is 9.53 Å². The predicted octanol–water partition coefficient (Wildman–Crippen LogP) is 1.53. The number of likely N-dealkylation sites (tertiary alicyclic amines) is 1. The molecule has 0 radical (unpaired) electrons. The van der Waals surface area contributed by atoms with E-state index in [0.717, 1.165) is 25.9 Å². The number of carbonyl (C=O) groups is 1. The Bertz CT molecular complexity index is 284. The predicted molar refractivity (Wildman–Crippen MR) is 71.2 cm³/mol. The molecule has 0 spiro atoms. The Labute approximate surface area is 110 Å². The number of carbonyl (C=O) groups excluding carboxylic acids is 1. The Hall–Kier alpha value is -0.610. The smallest absolute Gasteiger partial charge is 0.327 e. The molecule has 4 nitrogen and oxygen atoms in total. The number of nitrogens with two attached hydrogens (primary N) is 1. The lowest BCUT2D eigenvalue weighted by atomic mass is 9.93. The molecule has 1 aliphatic heterocycles. The van der Waals surface area contributed by atoms with Crippen molar-refractivity contribution in [2.45, 2.75) is 51.0 Å². The van der Waals surface area contributed by atoms with Gasteiger partial charge in [0.1, 0.15) is 5.54 Å². The van der Waals surface area contributed by atoms with Crippen LogP contribution < -0.4 is 5.73 Å². The summed E-state index contributed by atoms with van der Waals surface area (Å²) in [5, 5.41) is 0. The molecule has 2 fully saturated rings. The van der Waals surface area contributed by atoms with Crippen LogP contribution in [0.2, 0.25) is 0 Å². The minimum absolute atomic E-state index is 0.197. The van der Waals surface area contributed by atoms with Gasteiger partial charge in [0.2, 0.25) is 0 Å². The third-order valence-electron chi connectivity index (χ3n) is 4.15. The molecule has 104 valence electrons. The molecule has 2 N–H and O–H groups in total. The molecule has 0 bridgehead atoms. The number of nitrogens with zero attached hydrogens (tertiary/aromatic N) is 1. The zero-order valence-electron chi connectivity index (χ0n) is 11.5. The standard InChI is InChI=1S/C14H26N2O2/c1-2-18-13(17)14(15,12-7-8-12)11-16-9-5-3-4-6-10-16/h12H,2-11,15H2,1H3. The van der Waals surface area contributed by atoms with Gasteiger partial charge >= 0.3 is 5.97 Å². The van der Waals surface area contributed by atoms with E-state index in [1.165, 1.54) is 25.7 Å². The number of rotatable bonds is 5. The molecule has 1 saturated heterocycles. The first-order valence-electron chi connectivity index (χ1n) is 7.35. The van der Waals surface area contributed by atoms with Crippen LogP contribution >= 0.6 is 0 Å². The van der Waals surface area contributed by atoms with Crippen molar-refractivity contribution in [2.24, 2.45) is 11.7 Å². The summed E-state index contributed by atoms with van der Waals surface area (Å²) in [6.45, 7) is 5.09. The van der Waals surface area contributed by atoms with Crippen LogP contribution in [0.1, 0.15) is 45.4 Å². The lowest BCUT2D eigenvalue weighted by Crippen LogP contribution is -2.58. The molecule has 1 atom stereocenters. The second-order valence-corrected chi connectivity index (χ2v) is 5.73. The third-order valence-corrected chi connectivity index (χ3v) is 4.15. The highest BCUT2D eigenvalue weighted by Gasteiger charge is 2.49. The number of ether oxygens (including phenoxy) is 1. The molecule has 0 amide bonds. The van der Waals surface area contributed by atoms with E-state index in [1.54, 1.807) is 0 Å². The van der Waals surface area contributed by atoms with E-state index < -0.39 is 5.54 Å². The molecule has 1 saturated carbocycles. The van der Waals surface area contributed by atoms with Gasteiger partial charge in [-0.1, -0.05) is 12.8 Å². The van der Waals surface area contributed by atoms with Crippen LogP contribution in [0.4, 0.5) is 0 Å². The van der Waals surface area contributed by atoms with E-state index >= 15 is 0 Å². The van der Waals surface area contributed by atoms with Gasteiger partial charge < -0.3 is 15.4 Å². The van der Waals surface area contributed by atoms with E-state index in [-0.39, 0.29) is 5.97 Å². The molecule has 4 heteroatoms. The number of esters is 1. The minimum Gasteiger partial charge on any atom is -0.465 e. The fraction of sp³-hybridized carbons (Fsp3) is 0.929. The van der Waals surface area contributed by atoms with Crippen LogP contribution in [0.3, 0.4) is 0 Å². The van der Waals surface area contributed by atoms with Gasteiger partial charge in [-0.25, -0.2) is 4.79 Å². The maximum atomic E-state index is 12.1. The lowest BCUT2D eigenvalue weighted by molar-refractivity contribution is -0.151. The summed E-state index contributed by atoms with van der Waals surface area (Å²) in [4.78, 5) is 14.5. The summed E-state index contributed by atoms with van der Waals surface area (Å²) in [7, 11) is 0. The van der Waals surface area contributed by atoms with Gasteiger partial charge in [0.15, 0.2) is 0 Å². The first-order chi connectivity index (χ1) is 8.66. The first kappa shape index (κ1) is 13.8. The lowest BCUT2D eigenvalue weighted by Gasteiger charge is -2.33. The van der Waals surface area contributed by atoms with Crippen molar-refractivity contribution in [2.75, 3.05) is 26.2 Å². The van der Waals surface area contributed by atoms with Crippen LogP contribution in [0, 0.1) is 5.92 Å². The normalized spacial score (nSPS) is 25.2. The Kier molecular flexibility index (Phi) is 4.62. The van der Waals surface area contributed by atoms with Gasteiger partial charge in [-0.05, 0) is 51.6 Å². The summed E-state index contributed by atoms with van der Waals surface area (Å²) in [6, 6.07) is 0.